The van der Waals surface area contributed by atoms with Crippen LogP contribution in [0.1, 0.15) is 77.7 Å². The van der Waals surface area contributed by atoms with Gasteiger partial charge in [0.15, 0.2) is 0 Å². The number of hydrogen-bond acceptors (Lipinski definition) is 2. The molecule has 1 amide bonds. The topological polar surface area (TPSA) is 49.3 Å². The Labute approximate surface area is 170 Å². The maximum absolute atomic E-state index is 12.2. The van der Waals surface area contributed by atoms with Gasteiger partial charge in [0.1, 0.15) is 5.75 Å². The number of carbonyl (C=O) groups excluding carboxylic acids is 1. The monoisotopic (exact) mass is 383 g/mol. The summed E-state index contributed by atoms with van der Waals surface area (Å²) >= 11 is 0. The molecule has 0 radical (unpaired) electrons. The molecule has 0 saturated carbocycles. The fourth-order valence-electron chi connectivity index (χ4n) is 3.69. The van der Waals surface area contributed by atoms with Crippen molar-refractivity contribution in [2.75, 3.05) is 6.54 Å². The molecule has 0 bridgehead atoms. The van der Waals surface area contributed by atoms with Crippen molar-refractivity contribution in [3.8, 4) is 5.75 Å². The first-order valence-electron chi connectivity index (χ1n) is 10.9. The molecule has 3 nitrogen and oxygen atoms in total. The number of carbonyl (C=O) groups is 1. The van der Waals surface area contributed by atoms with Crippen molar-refractivity contribution >= 4 is 16.7 Å². The number of amides is 1. The van der Waals surface area contributed by atoms with Gasteiger partial charge in [-0.25, -0.2) is 0 Å². The highest BCUT2D eigenvalue weighted by atomic mass is 16.3. The third-order valence-corrected chi connectivity index (χ3v) is 5.42. The molecule has 28 heavy (non-hydrogen) atoms. The Morgan fingerprint density at radius 2 is 1.64 bits per heavy atom. The highest BCUT2D eigenvalue weighted by Crippen LogP contribution is 2.33. The number of unbranched alkanes of at least 4 members (excludes halogenated alkanes) is 6. The van der Waals surface area contributed by atoms with Gasteiger partial charge in [-0.05, 0) is 29.2 Å². The Balaban J connectivity index is 1.76. The summed E-state index contributed by atoms with van der Waals surface area (Å²) in [6.45, 7) is 7.12. The van der Waals surface area contributed by atoms with Crippen molar-refractivity contribution in [1.29, 1.82) is 0 Å². The minimum Gasteiger partial charge on any atom is -0.507 e. The van der Waals surface area contributed by atoms with Crippen LogP contribution >= 0.6 is 0 Å². The van der Waals surface area contributed by atoms with E-state index in [1.165, 1.54) is 32.1 Å². The van der Waals surface area contributed by atoms with Crippen molar-refractivity contribution in [2.45, 2.75) is 78.6 Å². The molecule has 0 unspecified atom stereocenters. The van der Waals surface area contributed by atoms with E-state index in [0.29, 0.717) is 18.7 Å². The first kappa shape index (κ1) is 22.3. The van der Waals surface area contributed by atoms with E-state index >= 15 is 0 Å². The molecule has 0 aliphatic heterocycles. The smallest absolute Gasteiger partial charge is 0.220 e. The van der Waals surface area contributed by atoms with Crippen molar-refractivity contribution < 1.29 is 9.90 Å². The number of phenolic OH excluding ortho intramolecular Hbond substituents is 1. The third-order valence-electron chi connectivity index (χ3n) is 5.42. The van der Waals surface area contributed by atoms with Crippen LogP contribution in [0.2, 0.25) is 0 Å². The van der Waals surface area contributed by atoms with Crippen LogP contribution in [-0.2, 0) is 11.2 Å². The van der Waals surface area contributed by atoms with Gasteiger partial charge in [0, 0.05) is 18.4 Å². The predicted octanol–water partition coefficient (Wildman–Crippen LogP) is 6.37. The standard InChI is InChI=1S/C25H37NO2/c1-4-5-6-7-8-9-10-15-23(27)26-19-25(2,3)18-21-17-16-20-13-11-12-14-22(20)24(21)28/h11-14,16-17,28H,4-10,15,18-19H2,1-3H3,(H,26,27). The summed E-state index contributed by atoms with van der Waals surface area (Å²) in [6, 6.07) is 11.9. The van der Waals surface area contributed by atoms with E-state index < -0.39 is 0 Å². The number of benzene rings is 2. The van der Waals surface area contributed by atoms with Crippen LogP contribution in [0, 0.1) is 5.41 Å². The lowest BCUT2D eigenvalue weighted by Crippen LogP contribution is -2.35. The number of phenols is 1. The zero-order chi connectivity index (χ0) is 20.4. The van der Waals surface area contributed by atoms with E-state index in [0.717, 1.165) is 35.6 Å². The molecule has 0 aliphatic rings. The molecule has 2 rings (SSSR count). The van der Waals surface area contributed by atoms with Gasteiger partial charge in [-0.3, -0.25) is 4.79 Å². The zero-order valence-electron chi connectivity index (χ0n) is 17.9. The molecule has 0 heterocycles. The SMILES string of the molecule is CCCCCCCCCC(=O)NCC(C)(C)Cc1ccc2ccccc2c1O. The first-order chi connectivity index (χ1) is 13.4. The van der Waals surface area contributed by atoms with Crippen LogP contribution in [-0.4, -0.2) is 17.6 Å². The molecule has 2 N–H and O–H groups in total. The quantitative estimate of drug-likeness (QED) is 0.418. The Morgan fingerprint density at radius 1 is 0.964 bits per heavy atom. The molecule has 3 heteroatoms. The van der Waals surface area contributed by atoms with Crippen molar-refractivity contribution in [2.24, 2.45) is 5.41 Å². The average molecular weight is 384 g/mol. The van der Waals surface area contributed by atoms with E-state index in [-0.39, 0.29) is 11.3 Å². The Hall–Kier alpha value is -2.03. The van der Waals surface area contributed by atoms with Gasteiger partial charge in [-0.2, -0.15) is 0 Å². The second-order valence-corrected chi connectivity index (χ2v) is 8.78. The number of fused-ring (bicyclic) bond motifs is 1. The summed E-state index contributed by atoms with van der Waals surface area (Å²) in [5.41, 5.74) is 0.820. The summed E-state index contributed by atoms with van der Waals surface area (Å²) in [4.78, 5) is 12.2. The lowest BCUT2D eigenvalue weighted by Gasteiger charge is -2.26. The summed E-state index contributed by atoms with van der Waals surface area (Å²) in [7, 11) is 0. The average Bonchev–Trinajstić information content (AvgIpc) is 2.68. The fourth-order valence-corrected chi connectivity index (χ4v) is 3.69. The van der Waals surface area contributed by atoms with Crippen molar-refractivity contribution in [3.63, 3.8) is 0 Å². The lowest BCUT2D eigenvalue weighted by atomic mass is 9.84. The van der Waals surface area contributed by atoms with Gasteiger partial charge >= 0.3 is 0 Å². The van der Waals surface area contributed by atoms with Gasteiger partial charge in [-0.1, -0.05) is 95.7 Å². The second-order valence-electron chi connectivity index (χ2n) is 8.78. The second kappa shape index (κ2) is 11.1. The highest BCUT2D eigenvalue weighted by molar-refractivity contribution is 5.89. The summed E-state index contributed by atoms with van der Waals surface area (Å²) in [5, 5.41) is 15.6. The maximum Gasteiger partial charge on any atom is 0.220 e. The molecule has 2 aromatic carbocycles. The van der Waals surface area contributed by atoms with Crippen LogP contribution in [0.5, 0.6) is 5.75 Å². The molecule has 0 fully saturated rings. The molecular formula is C25H37NO2. The van der Waals surface area contributed by atoms with Crippen molar-refractivity contribution in [1.82, 2.24) is 5.32 Å². The van der Waals surface area contributed by atoms with Gasteiger partial charge in [-0.15, -0.1) is 0 Å². The molecule has 0 atom stereocenters. The summed E-state index contributed by atoms with van der Waals surface area (Å²) in [6.07, 6.45) is 9.90. The zero-order valence-corrected chi connectivity index (χ0v) is 17.9. The molecule has 154 valence electrons. The normalized spacial score (nSPS) is 11.7. The molecule has 2 aromatic rings. The predicted molar refractivity (Wildman–Crippen MR) is 119 cm³/mol. The van der Waals surface area contributed by atoms with E-state index in [4.69, 9.17) is 0 Å². The molecule has 0 spiro atoms. The Bertz CT molecular complexity index is 751. The van der Waals surface area contributed by atoms with E-state index in [9.17, 15) is 9.90 Å². The number of aromatic hydroxyl groups is 1. The molecular weight excluding hydrogens is 346 g/mol. The largest absolute Gasteiger partial charge is 0.507 e. The van der Waals surface area contributed by atoms with E-state index in [1.54, 1.807) is 0 Å². The van der Waals surface area contributed by atoms with Gasteiger partial charge in [0.2, 0.25) is 5.91 Å². The number of nitrogens with one attached hydrogen (secondary N) is 1. The van der Waals surface area contributed by atoms with Crippen LogP contribution in [0.3, 0.4) is 0 Å². The summed E-state index contributed by atoms with van der Waals surface area (Å²) in [5.74, 6) is 0.505. The molecule has 0 aromatic heterocycles. The van der Waals surface area contributed by atoms with Gasteiger partial charge in [0.25, 0.3) is 0 Å². The molecule has 0 aliphatic carbocycles. The lowest BCUT2D eigenvalue weighted by molar-refractivity contribution is -0.121. The third kappa shape index (κ3) is 7.18. The van der Waals surface area contributed by atoms with Crippen molar-refractivity contribution in [3.05, 3.63) is 42.0 Å². The van der Waals surface area contributed by atoms with Gasteiger partial charge < -0.3 is 10.4 Å². The first-order valence-corrected chi connectivity index (χ1v) is 10.9. The van der Waals surface area contributed by atoms with E-state index in [2.05, 4.69) is 32.2 Å². The summed E-state index contributed by atoms with van der Waals surface area (Å²) < 4.78 is 0. The minimum absolute atomic E-state index is 0.115. The minimum atomic E-state index is -0.115. The Kier molecular flexibility index (Phi) is 8.82. The number of rotatable bonds is 12. The van der Waals surface area contributed by atoms with Gasteiger partial charge in [0.05, 0.1) is 0 Å². The fraction of sp³-hybridized carbons (Fsp3) is 0.560. The number of hydrogen-bond donors (Lipinski definition) is 2. The van der Waals surface area contributed by atoms with Crippen LogP contribution in [0.4, 0.5) is 0 Å². The van der Waals surface area contributed by atoms with E-state index in [1.807, 2.05) is 30.3 Å². The maximum atomic E-state index is 12.2. The van der Waals surface area contributed by atoms with Crippen LogP contribution < -0.4 is 5.32 Å². The van der Waals surface area contributed by atoms with Crippen LogP contribution in [0.25, 0.3) is 10.8 Å². The van der Waals surface area contributed by atoms with Crippen LogP contribution in [0.15, 0.2) is 36.4 Å². The Morgan fingerprint density at radius 3 is 2.39 bits per heavy atom. The highest BCUT2D eigenvalue weighted by Gasteiger charge is 2.21. The molecule has 0 saturated heterocycles.